The van der Waals surface area contributed by atoms with Gasteiger partial charge in [-0.1, -0.05) is 13.8 Å². The van der Waals surface area contributed by atoms with E-state index in [0.29, 0.717) is 12.6 Å². The molecule has 126 valence electrons. The molecule has 5 nitrogen and oxygen atoms in total. The first-order valence-electron chi connectivity index (χ1n) is 8.76. The first kappa shape index (κ1) is 16.2. The zero-order valence-electron chi connectivity index (χ0n) is 14.1. The van der Waals surface area contributed by atoms with Gasteiger partial charge in [0.1, 0.15) is 0 Å². The van der Waals surface area contributed by atoms with Gasteiger partial charge in [0.15, 0.2) is 0 Å². The van der Waals surface area contributed by atoms with Crippen molar-refractivity contribution in [2.75, 3.05) is 26.3 Å². The van der Waals surface area contributed by atoms with E-state index in [1.165, 1.54) is 0 Å². The fraction of sp³-hybridized carbons (Fsp3) is 0.941. The van der Waals surface area contributed by atoms with Crippen molar-refractivity contribution >= 4 is 5.91 Å². The topological polar surface area (TPSA) is 50.8 Å². The van der Waals surface area contributed by atoms with E-state index in [2.05, 4.69) is 24.1 Å². The van der Waals surface area contributed by atoms with Crippen molar-refractivity contribution in [3.05, 3.63) is 0 Å². The molecule has 0 bridgehead atoms. The van der Waals surface area contributed by atoms with Crippen LogP contribution in [0.5, 0.6) is 0 Å². The number of hydrogen-bond acceptors (Lipinski definition) is 4. The van der Waals surface area contributed by atoms with Gasteiger partial charge in [-0.15, -0.1) is 0 Å². The molecule has 0 saturated carbocycles. The van der Waals surface area contributed by atoms with E-state index in [-0.39, 0.29) is 29.6 Å². The quantitative estimate of drug-likeness (QED) is 0.837. The lowest BCUT2D eigenvalue weighted by Gasteiger charge is -2.58. The van der Waals surface area contributed by atoms with Crippen LogP contribution in [-0.4, -0.2) is 61.4 Å². The Kier molecular flexibility index (Phi) is 4.76. The van der Waals surface area contributed by atoms with E-state index in [0.717, 1.165) is 45.4 Å². The van der Waals surface area contributed by atoms with Crippen LogP contribution in [0.4, 0.5) is 0 Å². The van der Waals surface area contributed by atoms with Crippen LogP contribution in [0.15, 0.2) is 0 Å². The lowest BCUT2D eigenvalue weighted by Crippen LogP contribution is -2.70. The first-order valence-corrected chi connectivity index (χ1v) is 8.76. The minimum absolute atomic E-state index is 0.0939. The number of ether oxygens (including phenoxy) is 2. The summed E-state index contributed by atoms with van der Waals surface area (Å²) in [5.41, 5.74) is 0.234. The molecule has 0 aliphatic carbocycles. The molecule has 0 aromatic rings. The number of hydrogen-bond donors (Lipinski definition) is 1. The number of nitrogens with one attached hydrogen (secondary N) is 1. The summed E-state index contributed by atoms with van der Waals surface area (Å²) < 4.78 is 11.5. The Morgan fingerprint density at radius 1 is 1.27 bits per heavy atom. The Balaban J connectivity index is 1.54. The second-order valence-corrected chi connectivity index (χ2v) is 7.71. The molecule has 3 rings (SSSR count). The van der Waals surface area contributed by atoms with E-state index < -0.39 is 0 Å². The number of amides is 1. The van der Waals surface area contributed by atoms with Gasteiger partial charge >= 0.3 is 0 Å². The highest BCUT2D eigenvalue weighted by atomic mass is 16.5. The first-order chi connectivity index (χ1) is 10.5. The number of likely N-dealkylation sites (tertiary alicyclic amines) is 1. The third-order valence-corrected chi connectivity index (χ3v) is 5.47. The average Bonchev–Trinajstić information content (AvgIpc) is 3.15. The summed E-state index contributed by atoms with van der Waals surface area (Å²) in [5, 5.41) is 3.07. The Bertz CT molecular complexity index is 401. The lowest BCUT2D eigenvalue weighted by molar-refractivity contribution is -0.153. The number of carbonyl (C=O) groups excluding carboxylic acids is 1. The normalized spacial score (nSPS) is 36.0. The highest BCUT2D eigenvalue weighted by Crippen LogP contribution is 2.43. The van der Waals surface area contributed by atoms with Crippen LogP contribution in [0.3, 0.4) is 0 Å². The second-order valence-electron chi connectivity index (χ2n) is 7.71. The maximum atomic E-state index is 12.5. The van der Waals surface area contributed by atoms with Gasteiger partial charge < -0.3 is 14.8 Å². The van der Waals surface area contributed by atoms with Gasteiger partial charge in [0.05, 0.1) is 18.2 Å². The SMILES string of the molecule is CC(C(=O)NCC1CCCO1)N1CC(C)(C)C1C1CCCO1. The van der Waals surface area contributed by atoms with Crippen LogP contribution >= 0.6 is 0 Å². The highest BCUT2D eigenvalue weighted by molar-refractivity contribution is 5.81. The summed E-state index contributed by atoms with van der Waals surface area (Å²) in [6, 6.07) is 0.266. The van der Waals surface area contributed by atoms with E-state index >= 15 is 0 Å². The van der Waals surface area contributed by atoms with Crippen molar-refractivity contribution in [3.63, 3.8) is 0 Å². The molecule has 3 saturated heterocycles. The molecule has 5 heteroatoms. The molecule has 4 unspecified atom stereocenters. The van der Waals surface area contributed by atoms with E-state index in [1.807, 2.05) is 6.92 Å². The zero-order valence-corrected chi connectivity index (χ0v) is 14.1. The standard InChI is InChI=1S/C17H30N2O3/c1-12(16(20)18-10-13-6-4-8-21-13)19-11-17(2,3)15(19)14-7-5-9-22-14/h12-15H,4-11H2,1-3H3,(H,18,20). The van der Waals surface area contributed by atoms with E-state index in [1.54, 1.807) is 0 Å². The van der Waals surface area contributed by atoms with Crippen LogP contribution in [0.1, 0.15) is 46.5 Å². The van der Waals surface area contributed by atoms with Crippen LogP contribution in [0.25, 0.3) is 0 Å². The van der Waals surface area contributed by atoms with Gasteiger partial charge in [-0.05, 0) is 38.0 Å². The Labute approximate surface area is 133 Å². The molecule has 0 aromatic carbocycles. The molecule has 3 heterocycles. The maximum absolute atomic E-state index is 12.5. The summed E-state index contributed by atoms with van der Waals surface area (Å²) >= 11 is 0. The molecular weight excluding hydrogens is 280 g/mol. The summed E-state index contributed by atoms with van der Waals surface area (Å²) in [4.78, 5) is 14.8. The van der Waals surface area contributed by atoms with Gasteiger partial charge in [-0.3, -0.25) is 9.69 Å². The molecule has 4 atom stereocenters. The van der Waals surface area contributed by atoms with Gasteiger partial charge in [0, 0.05) is 32.3 Å². The largest absolute Gasteiger partial charge is 0.377 e. The zero-order chi connectivity index (χ0) is 15.7. The Hall–Kier alpha value is -0.650. The predicted octanol–water partition coefficient (Wildman–Crippen LogP) is 1.56. The number of carbonyl (C=O) groups is 1. The molecule has 1 amide bonds. The van der Waals surface area contributed by atoms with Crippen LogP contribution in [-0.2, 0) is 14.3 Å². The predicted molar refractivity (Wildman–Crippen MR) is 84.7 cm³/mol. The van der Waals surface area contributed by atoms with Gasteiger partial charge in [-0.25, -0.2) is 0 Å². The molecule has 0 radical (unpaired) electrons. The summed E-state index contributed by atoms with van der Waals surface area (Å²) in [6.45, 7) is 9.89. The van der Waals surface area contributed by atoms with Crippen LogP contribution in [0, 0.1) is 5.41 Å². The van der Waals surface area contributed by atoms with Crippen molar-refractivity contribution in [2.24, 2.45) is 5.41 Å². The summed E-state index contributed by atoms with van der Waals surface area (Å²) in [6.07, 6.45) is 4.93. The summed E-state index contributed by atoms with van der Waals surface area (Å²) in [5.74, 6) is 0.119. The van der Waals surface area contributed by atoms with Crippen LogP contribution in [0.2, 0.25) is 0 Å². The molecule has 0 aromatic heterocycles. The van der Waals surface area contributed by atoms with Crippen LogP contribution < -0.4 is 5.32 Å². The van der Waals surface area contributed by atoms with Crippen molar-refractivity contribution in [3.8, 4) is 0 Å². The third kappa shape index (κ3) is 3.17. The lowest BCUT2D eigenvalue weighted by atomic mass is 9.71. The Morgan fingerprint density at radius 2 is 2.00 bits per heavy atom. The van der Waals surface area contributed by atoms with E-state index in [9.17, 15) is 4.79 Å². The average molecular weight is 310 g/mol. The molecule has 3 fully saturated rings. The van der Waals surface area contributed by atoms with Gasteiger partial charge in [0.25, 0.3) is 0 Å². The van der Waals surface area contributed by atoms with Gasteiger partial charge in [-0.2, -0.15) is 0 Å². The third-order valence-electron chi connectivity index (χ3n) is 5.47. The fourth-order valence-electron chi connectivity index (χ4n) is 4.26. The molecule has 3 aliphatic heterocycles. The molecule has 0 spiro atoms. The van der Waals surface area contributed by atoms with Crippen molar-refractivity contribution in [2.45, 2.75) is 70.7 Å². The number of rotatable bonds is 5. The van der Waals surface area contributed by atoms with Crippen molar-refractivity contribution < 1.29 is 14.3 Å². The minimum Gasteiger partial charge on any atom is -0.377 e. The fourth-order valence-corrected chi connectivity index (χ4v) is 4.26. The maximum Gasteiger partial charge on any atom is 0.237 e. The van der Waals surface area contributed by atoms with E-state index in [4.69, 9.17) is 9.47 Å². The second kappa shape index (κ2) is 6.46. The molecular formula is C17H30N2O3. The Morgan fingerprint density at radius 3 is 2.59 bits per heavy atom. The van der Waals surface area contributed by atoms with Crippen molar-refractivity contribution in [1.82, 2.24) is 10.2 Å². The minimum atomic E-state index is -0.0939. The smallest absolute Gasteiger partial charge is 0.237 e. The highest BCUT2D eigenvalue weighted by Gasteiger charge is 2.53. The molecule has 1 N–H and O–H groups in total. The monoisotopic (exact) mass is 310 g/mol. The molecule has 22 heavy (non-hydrogen) atoms. The molecule has 3 aliphatic rings. The van der Waals surface area contributed by atoms with Crippen molar-refractivity contribution in [1.29, 1.82) is 0 Å². The van der Waals surface area contributed by atoms with Gasteiger partial charge in [0.2, 0.25) is 5.91 Å². The number of nitrogens with zero attached hydrogens (tertiary/aromatic N) is 1. The summed E-state index contributed by atoms with van der Waals surface area (Å²) in [7, 11) is 0.